The molecular weight excluding hydrogens is 174 g/mol. The number of rotatable bonds is 3. The fourth-order valence-electron chi connectivity index (χ4n) is 1.41. The topological polar surface area (TPSA) is 53.9 Å². The minimum absolute atomic E-state index is 0.127. The van der Waals surface area contributed by atoms with Gasteiger partial charge in [-0.3, -0.25) is 0 Å². The summed E-state index contributed by atoms with van der Waals surface area (Å²) >= 11 is 4.81. The molecule has 0 amide bonds. The molecule has 1 aromatic heterocycles. The molecule has 0 unspecified atom stereocenters. The van der Waals surface area contributed by atoms with Crippen LogP contribution in [0.5, 0.6) is 0 Å². The maximum absolute atomic E-state index is 5.27. The van der Waals surface area contributed by atoms with Crippen molar-refractivity contribution in [3.8, 4) is 0 Å². The van der Waals surface area contributed by atoms with E-state index in [2.05, 4.69) is 15.5 Å². The van der Waals surface area contributed by atoms with Gasteiger partial charge in [-0.15, -0.1) is 5.10 Å². The smallest absolute Gasteiger partial charge is 0.284 e. The lowest BCUT2D eigenvalue weighted by molar-refractivity contribution is 0.416. The number of hydrogen-bond acceptors (Lipinski definition) is 4. The van der Waals surface area contributed by atoms with Gasteiger partial charge in [-0.1, -0.05) is 0 Å². The molecule has 4 nitrogen and oxygen atoms in total. The summed E-state index contributed by atoms with van der Waals surface area (Å²) in [6.07, 6.45) is 2.27. The Hall–Kier alpha value is -0.680. The molecule has 0 aliphatic heterocycles. The lowest BCUT2D eigenvalue weighted by atomic mass is 10.1. The molecule has 2 rings (SSSR count). The summed E-state index contributed by atoms with van der Waals surface area (Å²) in [5, 5.41) is 9.81. The number of aromatic amines is 1. The molecule has 5 heteroatoms. The first-order chi connectivity index (χ1) is 5.77. The van der Waals surface area contributed by atoms with Crippen LogP contribution in [0.15, 0.2) is 4.42 Å². The zero-order valence-electron chi connectivity index (χ0n) is 6.89. The first-order valence-corrected chi connectivity index (χ1v) is 4.38. The van der Waals surface area contributed by atoms with Crippen LogP contribution in [0.1, 0.15) is 18.7 Å². The van der Waals surface area contributed by atoms with Gasteiger partial charge < -0.3 is 9.73 Å². The Balaban J connectivity index is 2.24. The lowest BCUT2D eigenvalue weighted by Crippen LogP contribution is -2.23. The summed E-state index contributed by atoms with van der Waals surface area (Å²) in [6, 6.07) is 0. The van der Waals surface area contributed by atoms with Crippen LogP contribution in [-0.2, 0) is 5.41 Å². The molecule has 0 saturated heterocycles. The predicted octanol–water partition coefficient (Wildman–Crippen LogP) is 0.983. The standard InChI is InChI=1S/C7H11N3OS/c1-8-4-7(2-3-7)5-9-10-6(12)11-5/h8H,2-4H2,1H3,(H,10,12). The van der Waals surface area contributed by atoms with E-state index in [0.717, 1.165) is 25.3 Å². The molecule has 1 saturated carbocycles. The number of aromatic nitrogens is 2. The highest BCUT2D eigenvalue weighted by atomic mass is 32.1. The second-order valence-corrected chi connectivity index (χ2v) is 3.60. The van der Waals surface area contributed by atoms with Gasteiger partial charge in [-0.2, -0.15) is 0 Å². The number of H-pyrrole nitrogens is 1. The second kappa shape index (κ2) is 2.67. The molecule has 2 N–H and O–H groups in total. The van der Waals surface area contributed by atoms with Gasteiger partial charge in [0, 0.05) is 6.54 Å². The third-order valence-corrected chi connectivity index (χ3v) is 2.44. The van der Waals surface area contributed by atoms with Crippen LogP contribution in [0.2, 0.25) is 0 Å². The summed E-state index contributed by atoms with van der Waals surface area (Å²) in [4.78, 5) is 0.368. The number of nitrogens with one attached hydrogen (secondary N) is 2. The molecule has 1 fully saturated rings. The summed E-state index contributed by atoms with van der Waals surface area (Å²) in [5.74, 6) is 0.752. The quantitative estimate of drug-likeness (QED) is 0.689. The van der Waals surface area contributed by atoms with Crippen LogP contribution in [-0.4, -0.2) is 23.8 Å². The van der Waals surface area contributed by atoms with E-state index >= 15 is 0 Å². The van der Waals surface area contributed by atoms with E-state index in [1.807, 2.05) is 7.05 Å². The van der Waals surface area contributed by atoms with Gasteiger partial charge in [0.25, 0.3) is 4.84 Å². The molecule has 0 spiro atoms. The molecule has 1 aliphatic carbocycles. The molecule has 12 heavy (non-hydrogen) atoms. The number of nitrogens with zero attached hydrogens (tertiary/aromatic N) is 1. The zero-order chi connectivity index (χ0) is 8.60. The molecule has 0 bridgehead atoms. The Labute approximate surface area is 75.4 Å². The zero-order valence-corrected chi connectivity index (χ0v) is 7.70. The summed E-state index contributed by atoms with van der Waals surface area (Å²) in [5.41, 5.74) is 0.127. The van der Waals surface area contributed by atoms with Crippen molar-refractivity contribution in [3.63, 3.8) is 0 Å². The van der Waals surface area contributed by atoms with Gasteiger partial charge in [0.15, 0.2) is 0 Å². The van der Waals surface area contributed by atoms with Crippen molar-refractivity contribution >= 4 is 12.2 Å². The summed E-state index contributed by atoms with van der Waals surface area (Å²) in [6.45, 7) is 0.913. The number of likely N-dealkylation sites (N-methyl/N-ethyl adjacent to an activating group) is 1. The van der Waals surface area contributed by atoms with Gasteiger partial charge in [0.1, 0.15) is 0 Å². The van der Waals surface area contributed by atoms with E-state index in [-0.39, 0.29) is 5.41 Å². The molecule has 0 atom stereocenters. The molecule has 1 heterocycles. The third kappa shape index (κ3) is 1.19. The first-order valence-electron chi connectivity index (χ1n) is 3.97. The maximum Gasteiger partial charge on any atom is 0.284 e. The van der Waals surface area contributed by atoms with Gasteiger partial charge in [-0.05, 0) is 32.1 Å². The minimum atomic E-state index is 0.127. The highest BCUT2D eigenvalue weighted by molar-refractivity contribution is 7.71. The summed E-state index contributed by atoms with van der Waals surface area (Å²) in [7, 11) is 1.93. The highest BCUT2D eigenvalue weighted by Crippen LogP contribution is 2.46. The van der Waals surface area contributed by atoms with E-state index < -0.39 is 0 Å². The molecular formula is C7H11N3OS. The van der Waals surface area contributed by atoms with Crippen molar-refractivity contribution in [2.24, 2.45) is 0 Å². The van der Waals surface area contributed by atoms with Gasteiger partial charge >= 0.3 is 0 Å². The van der Waals surface area contributed by atoms with Crippen molar-refractivity contribution < 1.29 is 4.42 Å². The van der Waals surface area contributed by atoms with Gasteiger partial charge in [0.2, 0.25) is 5.89 Å². The highest BCUT2D eigenvalue weighted by Gasteiger charge is 2.48. The Morgan fingerprint density at radius 3 is 2.92 bits per heavy atom. The van der Waals surface area contributed by atoms with Crippen molar-refractivity contribution in [2.75, 3.05) is 13.6 Å². The van der Waals surface area contributed by atoms with Crippen LogP contribution in [0.25, 0.3) is 0 Å². The monoisotopic (exact) mass is 185 g/mol. The van der Waals surface area contributed by atoms with E-state index in [4.69, 9.17) is 16.6 Å². The Bertz CT molecular complexity index is 325. The first kappa shape index (κ1) is 7.94. The third-order valence-electron chi connectivity index (χ3n) is 2.26. The van der Waals surface area contributed by atoms with E-state index in [1.54, 1.807) is 0 Å². The SMILES string of the molecule is CNCC1(c2n[nH]c(=S)o2)CC1. The van der Waals surface area contributed by atoms with Crippen molar-refractivity contribution in [3.05, 3.63) is 10.7 Å². The maximum atomic E-state index is 5.27. The van der Waals surface area contributed by atoms with Crippen LogP contribution in [0, 0.1) is 4.84 Å². The summed E-state index contributed by atoms with van der Waals surface area (Å²) < 4.78 is 5.27. The van der Waals surface area contributed by atoms with Crippen LogP contribution in [0.4, 0.5) is 0 Å². The average Bonchev–Trinajstić information content (AvgIpc) is 2.69. The second-order valence-electron chi connectivity index (χ2n) is 3.23. The van der Waals surface area contributed by atoms with Crippen molar-refractivity contribution in [2.45, 2.75) is 18.3 Å². The number of hydrogen-bond donors (Lipinski definition) is 2. The lowest BCUT2D eigenvalue weighted by Gasteiger charge is -2.07. The van der Waals surface area contributed by atoms with Gasteiger partial charge in [-0.25, -0.2) is 5.10 Å². The molecule has 0 radical (unpaired) electrons. The molecule has 0 aromatic carbocycles. The predicted molar refractivity (Wildman–Crippen MR) is 46.5 cm³/mol. The molecule has 1 aliphatic rings. The normalized spacial score (nSPS) is 19.4. The average molecular weight is 185 g/mol. The fourth-order valence-corrected chi connectivity index (χ4v) is 1.54. The van der Waals surface area contributed by atoms with Gasteiger partial charge in [0.05, 0.1) is 5.41 Å². The van der Waals surface area contributed by atoms with Crippen molar-refractivity contribution in [1.29, 1.82) is 0 Å². The van der Waals surface area contributed by atoms with Crippen LogP contribution < -0.4 is 5.32 Å². The van der Waals surface area contributed by atoms with E-state index in [0.29, 0.717) is 4.84 Å². The fraction of sp³-hybridized carbons (Fsp3) is 0.714. The Kier molecular flexibility index (Phi) is 1.77. The minimum Gasteiger partial charge on any atom is -0.413 e. The van der Waals surface area contributed by atoms with E-state index in [9.17, 15) is 0 Å². The van der Waals surface area contributed by atoms with E-state index in [1.165, 1.54) is 0 Å². The van der Waals surface area contributed by atoms with Crippen LogP contribution in [0.3, 0.4) is 0 Å². The largest absolute Gasteiger partial charge is 0.413 e. The molecule has 66 valence electrons. The van der Waals surface area contributed by atoms with Crippen LogP contribution >= 0.6 is 12.2 Å². The van der Waals surface area contributed by atoms with Crippen molar-refractivity contribution in [1.82, 2.24) is 15.5 Å². The molecule has 1 aromatic rings. The Morgan fingerprint density at radius 1 is 1.75 bits per heavy atom. The Morgan fingerprint density at radius 2 is 2.50 bits per heavy atom.